The summed E-state index contributed by atoms with van der Waals surface area (Å²) in [6.45, 7) is 4.15. The molecule has 1 aliphatic carbocycles. The van der Waals surface area contributed by atoms with E-state index in [1.54, 1.807) is 6.07 Å². The van der Waals surface area contributed by atoms with E-state index in [9.17, 15) is 0 Å². The first kappa shape index (κ1) is 12.5. The number of nitrogens with zero attached hydrogens (tertiary/aromatic N) is 2. The zero-order valence-corrected chi connectivity index (χ0v) is 11.2. The maximum Gasteiger partial charge on any atom is 0.137 e. The number of benzene rings is 1. The highest BCUT2D eigenvalue weighted by molar-refractivity contribution is 5.42. The highest BCUT2D eigenvalue weighted by atomic mass is 16.5. The Hall–Kier alpha value is -1.53. The summed E-state index contributed by atoms with van der Waals surface area (Å²) in [7, 11) is 0. The van der Waals surface area contributed by atoms with Gasteiger partial charge in [0.2, 0.25) is 0 Å². The lowest BCUT2D eigenvalue weighted by Gasteiger charge is -2.17. The summed E-state index contributed by atoms with van der Waals surface area (Å²) >= 11 is 0. The molecule has 0 spiro atoms. The van der Waals surface area contributed by atoms with Crippen molar-refractivity contribution in [2.45, 2.75) is 19.3 Å². The van der Waals surface area contributed by atoms with E-state index < -0.39 is 0 Å². The maximum absolute atomic E-state index is 9.00. The first-order valence-electron chi connectivity index (χ1n) is 7.21. The molecule has 1 heterocycles. The number of nitriles is 1. The van der Waals surface area contributed by atoms with Crippen molar-refractivity contribution in [2.24, 2.45) is 11.8 Å². The molecule has 3 rings (SSSR count). The molecule has 2 aliphatic rings. The molecular weight excluding hydrogens is 236 g/mol. The standard InChI is InChI=1S/C16H20N2O/c17-10-13-4-1-2-7-16(13)19-9-8-18-11-14-5-3-6-15(14)12-18/h1-2,4,7,14-15H,3,5-6,8-9,11-12H2. The van der Waals surface area contributed by atoms with Crippen LogP contribution in [-0.2, 0) is 0 Å². The van der Waals surface area contributed by atoms with Crippen molar-refractivity contribution in [1.29, 1.82) is 5.26 Å². The van der Waals surface area contributed by atoms with Gasteiger partial charge in [-0.15, -0.1) is 0 Å². The third kappa shape index (κ3) is 2.74. The first-order chi connectivity index (χ1) is 9.36. The lowest BCUT2D eigenvalue weighted by atomic mass is 10.0. The Balaban J connectivity index is 1.47. The third-order valence-corrected chi connectivity index (χ3v) is 4.47. The van der Waals surface area contributed by atoms with Gasteiger partial charge in [0, 0.05) is 19.6 Å². The van der Waals surface area contributed by atoms with Gasteiger partial charge in [-0.1, -0.05) is 18.6 Å². The molecule has 2 fully saturated rings. The zero-order valence-electron chi connectivity index (χ0n) is 11.2. The Kier molecular flexibility index (Phi) is 3.70. The quantitative estimate of drug-likeness (QED) is 0.831. The van der Waals surface area contributed by atoms with E-state index in [0.29, 0.717) is 17.9 Å². The SMILES string of the molecule is N#Cc1ccccc1OCCN1CC2CCCC2C1. The lowest BCUT2D eigenvalue weighted by Crippen LogP contribution is -2.27. The van der Waals surface area contributed by atoms with Crippen LogP contribution in [0.4, 0.5) is 0 Å². The molecule has 19 heavy (non-hydrogen) atoms. The van der Waals surface area contributed by atoms with Crippen LogP contribution in [0, 0.1) is 23.2 Å². The molecule has 0 amide bonds. The van der Waals surface area contributed by atoms with Gasteiger partial charge >= 0.3 is 0 Å². The maximum atomic E-state index is 9.00. The third-order valence-electron chi connectivity index (χ3n) is 4.47. The van der Waals surface area contributed by atoms with Crippen molar-refractivity contribution in [3.63, 3.8) is 0 Å². The van der Waals surface area contributed by atoms with Gasteiger partial charge in [-0.05, 0) is 36.8 Å². The Morgan fingerprint density at radius 2 is 1.95 bits per heavy atom. The average molecular weight is 256 g/mol. The molecule has 2 atom stereocenters. The van der Waals surface area contributed by atoms with Crippen LogP contribution in [0.25, 0.3) is 0 Å². The smallest absolute Gasteiger partial charge is 0.137 e. The predicted molar refractivity (Wildman–Crippen MR) is 73.9 cm³/mol. The summed E-state index contributed by atoms with van der Waals surface area (Å²) in [6, 6.07) is 9.62. The van der Waals surface area contributed by atoms with E-state index in [1.807, 2.05) is 18.2 Å². The first-order valence-corrected chi connectivity index (χ1v) is 7.21. The molecule has 0 radical (unpaired) electrons. The Bertz CT molecular complexity index is 468. The normalized spacial score (nSPS) is 26.1. The van der Waals surface area contributed by atoms with E-state index in [0.717, 1.165) is 18.4 Å². The van der Waals surface area contributed by atoms with Gasteiger partial charge in [-0.2, -0.15) is 5.26 Å². The fraction of sp³-hybridized carbons (Fsp3) is 0.562. The molecule has 1 saturated heterocycles. The van der Waals surface area contributed by atoms with Crippen molar-refractivity contribution in [2.75, 3.05) is 26.2 Å². The fourth-order valence-corrected chi connectivity index (χ4v) is 3.48. The summed E-state index contributed by atoms with van der Waals surface area (Å²) in [5.74, 6) is 2.59. The Morgan fingerprint density at radius 3 is 2.68 bits per heavy atom. The van der Waals surface area contributed by atoms with E-state index in [-0.39, 0.29) is 0 Å². The Morgan fingerprint density at radius 1 is 1.21 bits per heavy atom. The highest BCUT2D eigenvalue weighted by Gasteiger charge is 2.35. The van der Waals surface area contributed by atoms with Crippen molar-refractivity contribution in [3.05, 3.63) is 29.8 Å². The van der Waals surface area contributed by atoms with Gasteiger partial charge in [-0.25, -0.2) is 0 Å². The lowest BCUT2D eigenvalue weighted by molar-refractivity contribution is 0.227. The number of hydrogen-bond acceptors (Lipinski definition) is 3. The van der Waals surface area contributed by atoms with Gasteiger partial charge in [-0.3, -0.25) is 4.90 Å². The van der Waals surface area contributed by atoms with E-state index >= 15 is 0 Å². The summed E-state index contributed by atoms with van der Waals surface area (Å²) < 4.78 is 5.75. The van der Waals surface area contributed by atoms with Crippen LogP contribution in [0.1, 0.15) is 24.8 Å². The van der Waals surface area contributed by atoms with Gasteiger partial charge in [0.1, 0.15) is 18.4 Å². The largest absolute Gasteiger partial charge is 0.491 e. The number of likely N-dealkylation sites (tertiary alicyclic amines) is 1. The second-order valence-electron chi connectivity index (χ2n) is 5.67. The number of para-hydroxylation sites is 1. The zero-order chi connectivity index (χ0) is 13.1. The van der Waals surface area contributed by atoms with Crippen LogP contribution < -0.4 is 4.74 Å². The molecule has 1 aromatic rings. The summed E-state index contributed by atoms with van der Waals surface area (Å²) in [4.78, 5) is 2.52. The van der Waals surface area contributed by atoms with Gasteiger partial charge in [0.05, 0.1) is 5.56 Å². The van der Waals surface area contributed by atoms with Crippen LogP contribution >= 0.6 is 0 Å². The molecule has 3 heteroatoms. The van der Waals surface area contributed by atoms with Crippen LogP contribution in [-0.4, -0.2) is 31.1 Å². The van der Waals surface area contributed by atoms with Crippen molar-refractivity contribution >= 4 is 0 Å². The number of fused-ring (bicyclic) bond motifs is 1. The van der Waals surface area contributed by atoms with E-state index in [4.69, 9.17) is 10.00 Å². The van der Waals surface area contributed by atoms with Crippen LogP contribution in [0.15, 0.2) is 24.3 Å². The van der Waals surface area contributed by atoms with Crippen molar-refractivity contribution in [1.82, 2.24) is 4.90 Å². The molecule has 0 N–H and O–H groups in total. The molecule has 3 nitrogen and oxygen atoms in total. The van der Waals surface area contributed by atoms with E-state index in [2.05, 4.69) is 11.0 Å². The second kappa shape index (κ2) is 5.63. The Labute approximate surface area is 114 Å². The van der Waals surface area contributed by atoms with E-state index in [1.165, 1.54) is 32.4 Å². The number of ether oxygens (including phenoxy) is 1. The minimum absolute atomic E-state index is 0.626. The number of hydrogen-bond donors (Lipinski definition) is 0. The molecule has 2 unspecified atom stereocenters. The minimum atomic E-state index is 0.626. The predicted octanol–water partition coefficient (Wildman–Crippen LogP) is 2.67. The van der Waals surface area contributed by atoms with Crippen molar-refractivity contribution < 1.29 is 4.74 Å². The molecule has 0 aromatic heterocycles. The van der Waals surface area contributed by atoms with Crippen LogP contribution in [0.3, 0.4) is 0 Å². The van der Waals surface area contributed by atoms with Crippen molar-refractivity contribution in [3.8, 4) is 11.8 Å². The summed E-state index contributed by atoms with van der Waals surface area (Å²) in [5.41, 5.74) is 0.626. The molecule has 1 aromatic carbocycles. The molecule has 1 aliphatic heterocycles. The molecule has 100 valence electrons. The van der Waals surface area contributed by atoms with Gasteiger partial charge < -0.3 is 4.74 Å². The topological polar surface area (TPSA) is 36.3 Å². The fourth-order valence-electron chi connectivity index (χ4n) is 3.48. The van der Waals surface area contributed by atoms with Crippen LogP contribution in [0.5, 0.6) is 5.75 Å². The van der Waals surface area contributed by atoms with Gasteiger partial charge in [0.25, 0.3) is 0 Å². The second-order valence-corrected chi connectivity index (χ2v) is 5.67. The molecule has 1 saturated carbocycles. The highest BCUT2D eigenvalue weighted by Crippen LogP contribution is 2.37. The van der Waals surface area contributed by atoms with Gasteiger partial charge in [0.15, 0.2) is 0 Å². The monoisotopic (exact) mass is 256 g/mol. The molecular formula is C16H20N2O. The minimum Gasteiger partial charge on any atom is -0.491 e. The summed E-state index contributed by atoms with van der Waals surface area (Å²) in [5, 5.41) is 9.00. The average Bonchev–Trinajstić information content (AvgIpc) is 3.00. The van der Waals surface area contributed by atoms with Crippen LogP contribution in [0.2, 0.25) is 0 Å². The summed E-state index contributed by atoms with van der Waals surface area (Å²) in [6.07, 6.45) is 4.26. The number of rotatable bonds is 4. The molecule has 0 bridgehead atoms.